The van der Waals surface area contributed by atoms with Crippen molar-refractivity contribution in [2.24, 2.45) is 0 Å². The fraction of sp³-hybridized carbons (Fsp3) is 0.719. The molecule has 1 amide bonds. The molecule has 0 radical (unpaired) electrons. The number of quaternary nitrogens is 1. The number of phosphoric acid groups is 1. The molecule has 0 aromatic heterocycles. The van der Waals surface area contributed by atoms with Crippen molar-refractivity contribution in [2.45, 2.75) is 258 Å². The molecule has 74 heavy (non-hydrogen) atoms. The summed E-state index contributed by atoms with van der Waals surface area (Å²) in [6.07, 6.45) is 71.2. The van der Waals surface area contributed by atoms with Crippen molar-refractivity contribution in [2.75, 3.05) is 40.9 Å². The topological polar surface area (TPSA) is 111 Å². The Labute approximate surface area is 456 Å². The van der Waals surface area contributed by atoms with Gasteiger partial charge in [0, 0.05) is 12.8 Å². The first-order chi connectivity index (χ1) is 35.9. The highest BCUT2D eigenvalue weighted by Gasteiger charge is 2.30. The Bertz CT molecular complexity index is 1590. The lowest BCUT2D eigenvalue weighted by molar-refractivity contribution is -0.870. The number of esters is 1. The van der Waals surface area contributed by atoms with E-state index in [-0.39, 0.29) is 31.5 Å². The van der Waals surface area contributed by atoms with Crippen LogP contribution in [0.3, 0.4) is 0 Å². The summed E-state index contributed by atoms with van der Waals surface area (Å²) < 4.78 is 30.6. The van der Waals surface area contributed by atoms with E-state index in [1.165, 1.54) is 89.9 Å². The van der Waals surface area contributed by atoms with Crippen LogP contribution in [0, 0.1) is 0 Å². The Hall–Kier alpha value is -3.07. The van der Waals surface area contributed by atoms with Crippen LogP contribution in [0.1, 0.15) is 245 Å². The summed E-state index contributed by atoms with van der Waals surface area (Å²) >= 11 is 0. The van der Waals surface area contributed by atoms with Gasteiger partial charge < -0.3 is 19.4 Å². The summed E-state index contributed by atoms with van der Waals surface area (Å²) in [5.74, 6) is -0.549. The molecule has 0 aliphatic heterocycles. The van der Waals surface area contributed by atoms with Gasteiger partial charge in [-0.15, -0.1) is 0 Å². The summed E-state index contributed by atoms with van der Waals surface area (Å²) in [5.41, 5.74) is 0. The Balaban J connectivity index is 5.25. The first-order valence-corrected chi connectivity index (χ1v) is 31.6. The van der Waals surface area contributed by atoms with Crippen molar-refractivity contribution in [1.29, 1.82) is 0 Å². The normalized spacial score (nSPS) is 14.4. The number of hydrogen-bond donors (Lipinski definition) is 2. The highest BCUT2D eigenvalue weighted by molar-refractivity contribution is 7.47. The van der Waals surface area contributed by atoms with Crippen LogP contribution in [0.15, 0.2) is 97.2 Å². The SMILES string of the molecule is CC/C=C/C/C=C/C/C=C/CCCCCCC(=O)NC(COP(=O)(O)OCC[N+](C)(C)C)C(/C=C\CCCCCCCCCCC)OC(=O)CCCCCCCCC/C=C\C/C=C\C/C=C\C/C=C\CCCCC. The summed E-state index contributed by atoms with van der Waals surface area (Å²) in [5, 5.41) is 3.03. The summed E-state index contributed by atoms with van der Waals surface area (Å²) in [6, 6.07) is -0.869. The molecule has 0 rings (SSSR count). The lowest BCUT2D eigenvalue weighted by Crippen LogP contribution is -2.47. The summed E-state index contributed by atoms with van der Waals surface area (Å²) in [4.78, 5) is 37.6. The monoisotopic (exact) mass is 1050 g/mol. The van der Waals surface area contributed by atoms with Crippen LogP contribution in [0.4, 0.5) is 0 Å². The van der Waals surface area contributed by atoms with Crippen molar-refractivity contribution in [1.82, 2.24) is 5.32 Å². The van der Waals surface area contributed by atoms with Gasteiger partial charge in [-0.25, -0.2) is 4.57 Å². The maximum absolute atomic E-state index is 13.5. The van der Waals surface area contributed by atoms with Gasteiger partial charge in [0.05, 0.1) is 33.8 Å². The van der Waals surface area contributed by atoms with Crippen LogP contribution in [0.2, 0.25) is 0 Å². The van der Waals surface area contributed by atoms with E-state index in [1.54, 1.807) is 0 Å². The molecule has 3 unspecified atom stereocenters. The lowest BCUT2D eigenvalue weighted by Gasteiger charge is -2.27. The van der Waals surface area contributed by atoms with Crippen molar-refractivity contribution < 1.29 is 37.3 Å². The zero-order valence-electron chi connectivity index (χ0n) is 48.6. The van der Waals surface area contributed by atoms with Crippen molar-refractivity contribution in [3.63, 3.8) is 0 Å². The quantitative estimate of drug-likeness (QED) is 0.0205. The smallest absolute Gasteiger partial charge is 0.456 e. The first-order valence-electron chi connectivity index (χ1n) is 30.1. The Morgan fingerprint density at radius 2 is 0.865 bits per heavy atom. The van der Waals surface area contributed by atoms with Crippen LogP contribution < -0.4 is 5.32 Å². The third kappa shape index (κ3) is 53.7. The van der Waals surface area contributed by atoms with E-state index >= 15 is 0 Å². The number of nitrogens with one attached hydrogen (secondary N) is 1. The zero-order valence-corrected chi connectivity index (χ0v) is 49.4. The van der Waals surface area contributed by atoms with E-state index in [9.17, 15) is 19.0 Å². The molecule has 3 atom stereocenters. The number of allylic oxidation sites excluding steroid dienone is 15. The third-order valence-corrected chi connectivity index (χ3v) is 13.7. The van der Waals surface area contributed by atoms with Gasteiger partial charge in [-0.05, 0) is 109 Å². The number of carbonyl (C=O) groups is 2. The van der Waals surface area contributed by atoms with Crippen LogP contribution in [-0.2, 0) is 27.9 Å². The van der Waals surface area contributed by atoms with Gasteiger partial charge in [0.1, 0.15) is 19.3 Å². The lowest BCUT2D eigenvalue weighted by atomic mass is 10.1. The molecular formula is C64H114N2O7P+. The molecule has 2 N–H and O–H groups in total. The average Bonchev–Trinajstić information content (AvgIpc) is 3.36. The predicted molar refractivity (Wildman–Crippen MR) is 318 cm³/mol. The minimum Gasteiger partial charge on any atom is -0.456 e. The summed E-state index contributed by atoms with van der Waals surface area (Å²) in [6.45, 7) is 6.82. The second-order valence-corrected chi connectivity index (χ2v) is 22.6. The minimum absolute atomic E-state index is 0.0290. The van der Waals surface area contributed by atoms with Crippen LogP contribution in [0.25, 0.3) is 0 Å². The predicted octanol–water partition coefficient (Wildman–Crippen LogP) is 18.4. The number of likely N-dealkylation sites (N-methyl/N-ethyl adjacent to an activating group) is 1. The van der Waals surface area contributed by atoms with Gasteiger partial charge in [0.25, 0.3) is 0 Å². The molecular weight excluding hydrogens is 940 g/mol. The minimum atomic E-state index is -4.46. The largest absolute Gasteiger partial charge is 0.472 e. The van der Waals surface area contributed by atoms with Gasteiger partial charge in [0.15, 0.2) is 0 Å². The molecule has 0 saturated carbocycles. The molecule has 0 saturated heterocycles. The second-order valence-electron chi connectivity index (χ2n) is 21.1. The highest BCUT2D eigenvalue weighted by Crippen LogP contribution is 2.43. The van der Waals surface area contributed by atoms with Crippen molar-refractivity contribution in [3.8, 4) is 0 Å². The van der Waals surface area contributed by atoms with E-state index < -0.39 is 20.0 Å². The number of amides is 1. The molecule has 0 fully saturated rings. The Kier molecular flexibility index (Phi) is 51.1. The highest BCUT2D eigenvalue weighted by atomic mass is 31.2. The fourth-order valence-corrected chi connectivity index (χ4v) is 8.85. The number of rotatable bonds is 53. The van der Waals surface area contributed by atoms with Crippen molar-refractivity contribution in [3.05, 3.63) is 97.2 Å². The van der Waals surface area contributed by atoms with Crippen LogP contribution >= 0.6 is 7.82 Å². The van der Waals surface area contributed by atoms with Gasteiger partial charge in [-0.2, -0.15) is 0 Å². The Morgan fingerprint density at radius 1 is 0.486 bits per heavy atom. The number of phosphoric ester groups is 1. The van der Waals surface area contributed by atoms with E-state index in [0.717, 1.165) is 116 Å². The maximum Gasteiger partial charge on any atom is 0.472 e. The molecule has 0 aliphatic rings. The van der Waals surface area contributed by atoms with E-state index in [0.29, 0.717) is 23.9 Å². The first kappa shape index (κ1) is 70.9. The molecule has 10 heteroatoms. The standard InChI is InChI=1S/C64H113N2O7P/c1-7-10-13-16-19-22-25-27-29-30-31-32-33-34-35-36-37-39-42-45-48-51-54-57-64(68)73-62(55-52-49-46-43-40-24-21-18-15-12-9-3)61(60-72-74(69,70)71-59-58-66(4,5)6)65-63(67)56-53-50-47-44-41-38-28-26-23-20-17-14-11-8-2/h11,14,19-20,22-23,27-29,31-32,34-35,38,52,55,61-62H,7-10,12-13,15-18,21,24-26,30,33,36-37,39-51,53-54,56-60H2,1-6H3,(H-,65,67,69,70)/p+1/b14-11+,22-19-,23-20+,29-27-,32-31-,35-34-,38-28+,55-52-. The van der Waals surface area contributed by atoms with Gasteiger partial charge in [0.2, 0.25) is 5.91 Å². The van der Waals surface area contributed by atoms with Gasteiger partial charge in [-0.1, -0.05) is 221 Å². The van der Waals surface area contributed by atoms with Gasteiger partial charge >= 0.3 is 13.8 Å². The number of nitrogens with zero attached hydrogens (tertiary/aromatic N) is 1. The third-order valence-electron chi connectivity index (χ3n) is 12.8. The van der Waals surface area contributed by atoms with Crippen LogP contribution in [0.5, 0.6) is 0 Å². The number of ether oxygens (including phenoxy) is 1. The molecule has 9 nitrogen and oxygen atoms in total. The summed E-state index contributed by atoms with van der Waals surface area (Å²) in [7, 11) is 1.46. The molecule has 0 aliphatic carbocycles. The molecule has 0 heterocycles. The molecule has 0 aromatic rings. The van der Waals surface area contributed by atoms with E-state index in [4.69, 9.17) is 13.8 Å². The van der Waals surface area contributed by atoms with Crippen LogP contribution in [-0.4, -0.2) is 74.3 Å². The fourth-order valence-electron chi connectivity index (χ4n) is 8.11. The average molecular weight is 1050 g/mol. The molecule has 0 bridgehead atoms. The van der Waals surface area contributed by atoms with E-state index in [1.807, 2.05) is 33.3 Å². The van der Waals surface area contributed by atoms with Crippen molar-refractivity contribution >= 4 is 19.7 Å². The molecule has 0 spiro atoms. The van der Waals surface area contributed by atoms with E-state index in [2.05, 4.69) is 111 Å². The molecule has 0 aromatic carbocycles. The van der Waals surface area contributed by atoms with Gasteiger partial charge in [-0.3, -0.25) is 18.6 Å². The number of hydrogen-bond acceptors (Lipinski definition) is 6. The number of carbonyl (C=O) groups excluding carboxylic acids is 2. The molecule has 426 valence electrons. The maximum atomic E-state index is 13.5. The zero-order chi connectivity index (χ0) is 54.3. The number of unbranched alkanes of at least 4 members (excludes halogenated alkanes) is 23. The second kappa shape index (κ2) is 53.3. The Morgan fingerprint density at radius 3 is 1.32 bits per heavy atom.